The van der Waals surface area contributed by atoms with E-state index in [0.29, 0.717) is 19.3 Å². The molecule has 0 radical (unpaired) electrons. The van der Waals surface area contributed by atoms with Gasteiger partial charge in [0, 0.05) is 6.04 Å². The molecule has 0 unspecified atom stereocenters. The molecule has 0 aliphatic carbocycles. The number of hydrogen-bond donors (Lipinski definition) is 3. The molecule has 3 atom stereocenters. The topological polar surface area (TPSA) is 113 Å². The summed E-state index contributed by atoms with van der Waals surface area (Å²) in [5.74, 6) is -0.861. The molecular weight excluding hydrogens is 214 g/mol. The highest BCUT2D eigenvalue weighted by molar-refractivity contribution is 5.93. The van der Waals surface area contributed by atoms with Gasteiger partial charge in [-0.25, -0.2) is 4.79 Å². The second-order valence-electron chi connectivity index (χ2n) is 4.13. The Bertz CT molecular complexity index is 357. The Labute approximate surface area is 91.6 Å². The fraction of sp³-hybridized carbons (Fsp3) is 0.667. The minimum Gasteiger partial charge on any atom is -0.465 e. The highest BCUT2D eigenvalue weighted by Crippen LogP contribution is 2.33. The fourth-order valence-corrected chi connectivity index (χ4v) is 2.55. The standard InChI is InChI=1S/C9H13N3O4/c10-7(13)6-2-1-4-3-5(11-9(15)16)8(14)12(4)6/h4-6,11H,1-3H2,(H2,10,13)(H,15,16)/t4-,5+,6-/m0/s1. The Morgan fingerprint density at radius 3 is 2.69 bits per heavy atom. The molecule has 3 amide bonds. The number of rotatable bonds is 2. The number of nitrogens with two attached hydrogens (primary N) is 1. The van der Waals surface area contributed by atoms with Crippen LogP contribution in [-0.4, -0.2) is 46.0 Å². The summed E-state index contributed by atoms with van der Waals surface area (Å²) in [5.41, 5.74) is 5.19. The Balaban J connectivity index is 2.11. The number of carbonyl (C=O) groups excluding carboxylic acids is 2. The second kappa shape index (κ2) is 3.66. The predicted octanol–water partition coefficient (Wildman–Crippen LogP) is -1.13. The molecule has 7 heteroatoms. The van der Waals surface area contributed by atoms with E-state index >= 15 is 0 Å². The lowest BCUT2D eigenvalue weighted by molar-refractivity contribution is -0.136. The van der Waals surface area contributed by atoms with E-state index in [-0.39, 0.29) is 11.9 Å². The highest BCUT2D eigenvalue weighted by atomic mass is 16.4. The van der Waals surface area contributed by atoms with Crippen LogP contribution in [0.3, 0.4) is 0 Å². The second-order valence-corrected chi connectivity index (χ2v) is 4.13. The molecule has 0 spiro atoms. The van der Waals surface area contributed by atoms with E-state index in [1.165, 1.54) is 4.90 Å². The van der Waals surface area contributed by atoms with Gasteiger partial charge in [-0.1, -0.05) is 0 Å². The monoisotopic (exact) mass is 227 g/mol. The van der Waals surface area contributed by atoms with Gasteiger partial charge in [0.15, 0.2) is 0 Å². The van der Waals surface area contributed by atoms with E-state index in [4.69, 9.17) is 10.8 Å². The Hall–Kier alpha value is -1.79. The summed E-state index contributed by atoms with van der Waals surface area (Å²) >= 11 is 0. The quantitative estimate of drug-likeness (QED) is 0.554. The molecule has 16 heavy (non-hydrogen) atoms. The van der Waals surface area contributed by atoms with Gasteiger partial charge in [-0.2, -0.15) is 0 Å². The number of fused-ring (bicyclic) bond motifs is 1. The lowest BCUT2D eigenvalue weighted by Gasteiger charge is -2.21. The third-order valence-electron chi connectivity index (χ3n) is 3.19. The third kappa shape index (κ3) is 1.58. The molecule has 4 N–H and O–H groups in total. The highest BCUT2D eigenvalue weighted by Gasteiger charge is 2.48. The van der Waals surface area contributed by atoms with Crippen molar-refractivity contribution in [3.8, 4) is 0 Å². The zero-order valence-corrected chi connectivity index (χ0v) is 8.55. The van der Waals surface area contributed by atoms with Crippen LogP contribution in [0.4, 0.5) is 4.79 Å². The van der Waals surface area contributed by atoms with Crippen LogP contribution in [0.25, 0.3) is 0 Å². The molecular formula is C9H13N3O4. The molecule has 2 aliphatic heterocycles. The summed E-state index contributed by atoms with van der Waals surface area (Å²) in [5, 5.41) is 10.7. The maximum atomic E-state index is 11.8. The molecule has 2 heterocycles. The van der Waals surface area contributed by atoms with Crippen molar-refractivity contribution in [2.45, 2.75) is 37.4 Å². The summed E-state index contributed by atoms with van der Waals surface area (Å²) in [4.78, 5) is 34.8. The molecule has 2 fully saturated rings. The van der Waals surface area contributed by atoms with Crippen LogP contribution in [0.1, 0.15) is 19.3 Å². The minimum absolute atomic E-state index is 0.0538. The maximum absolute atomic E-state index is 11.8. The van der Waals surface area contributed by atoms with Crippen molar-refractivity contribution in [1.82, 2.24) is 10.2 Å². The first-order chi connectivity index (χ1) is 7.50. The Morgan fingerprint density at radius 2 is 2.12 bits per heavy atom. The first kappa shape index (κ1) is 10.7. The Kier molecular flexibility index (Phi) is 2.45. The number of amides is 3. The van der Waals surface area contributed by atoms with Crippen LogP contribution in [0, 0.1) is 0 Å². The van der Waals surface area contributed by atoms with Crippen LogP contribution >= 0.6 is 0 Å². The summed E-state index contributed by atoms with van der Waals surface area (Å²) in [6, 6.07) is -1.36. The summed E-state index contributed by atoms with van der Waals surface area (Å²) in [6.07, 6.45) is 0.479. The van der Waals surface area contributed by atoms with Gasteiger partial charge in [0.2, 0.25) is 11.8 Å². The molecule has 0 bridgehead atoms. The molecule has 0 aromatic carbocycles. The number of primary amides is 1. The summed E-state index contributed by atoms with van der Waals surface area (Å²) in [7, 11) is 0. The van der Waals surface area contributed by atoms with Crippen molar-refractivity contribution in [1.29, 1.82) is 0 Å². The van der Waals surface area contributed by atoms with Crippen LogP contribution in [0.5, 0.6) is 0 Å². The number of nitrogens with one attached hydrogen (secondary N) is 1. The van der Waals surface area contributed by atoms with Crippen molar-refractivity contribution >= 4 is 17.9 Å². The molecule has 0 aromatic rings. The van der Waals surface area contributed by atoms with E-state index < -0.39 is 24.1 Å². The van der Waals surface area contributed by atoms with Gasteiger partial charge >= 0.3 is 6.09 Å². The average molecular weight is 227 g/mol. The summed E-state index contributed by atoms with van der Waals surface area (Å²) in [6.45, 7) is 0. The predicted molar refractivity (Wildman–Crippen MR) is 52.4 cm³/mol. The van der Waals surface area contributed by atoms with E-state index in [1.807, 2.05) is 0 Å². The molecule has 7 nitrogen and oxygen atoms in total. The van der Waals surface area contributed by atoms with E-state index in [1.54, 1.807) is 0 Å². The number of hydrogen-bond acceptors (Lipinski definition) is 3. The van der Waals surface area contributed by atoms with Crippen molar-refractivity contribution in [3.05, 3.63) is 0 Å². The number of carbonyl (C=O) groups is 3. The van der Waals surface area contributed by atoms with Gasteiger partial charge in [-0.3, -0.25) is 9.59 Å². The first-order valence-electron chi connectivity index (χ1n) is 5.11. The van der Waals surface area contributed by atoms with E-state index in [2.05, 4.69) is 5.32 Å². The van der Waals surface area contributed by atoms with Gasteiger partial charge < -0.3 is 21.1 Å². The molecule has 2 saturated heterocycles. The SMILES string of the molecule is NC(=O)[C@@H]1CC[C@H]2C[C@@H](NC(=O)O)C(=O)N21. The van der Waals surface area contributed by atoms with Gasteiger partial charge in [0.1, 0.15) is 12.1 Å². The van der Waals surface area contributed by atoms with Crippen molar-refractivity contribution < 1.29 is 19.5 Å². The fourth-order valence-electron chi connectivity index (χ4n) is 2.55. The maximum Gasteiger partial charge on any atom is 0.405 e. The minimum atomic E-state index is -1.23. The molecule has 88 valence electrons. The molecule has 2 rings (SSSR count). The normalized spacial score (nSPS) is 32.6. The van der Waals surface area contributed by atoms with Crippen LogP contribution < -0.4 is 11.1 Å². The van der Waals surface area contributed by atoms with Crippen molar-refractivity contribution in [3.63, 3.8) is 0 Å². The van der Waals surface area contributed by atoms with E-state index in [0.717, 1.165) is 0 Å². The summed E-state index contributed by atoms with van der Waals surface area (Å²) < 4.78 is 0. The van der Waals surface area contributed by atoms with Crippen molar-refractivity contribution in [2.75, 3.05) is 0 Å². The van der Waals surface area contributed by atoms with Crippen molar-refractivity contribution in [2.24, 2.45) is 5.73 Å². The lowest BCUT2D eigenvalue weighted by atomic mass is 10.1. The van der Waals surface area contributed by atoms with Gasteiger partial charge in [0.05, 0.1) is 0 Å². The first-order valence-corrected chi connectivity index (χ1v) is 5.11. The van der Waals surface area contributed by atoms with Crippen LogP contribution in [0.15, 0.2) is 0 Å². The zero-order valence-electron chi connectivity index (χ0n) is 8.55. The van der Waals surface area contributed by atoms with E-state index in [9.17, 15) is 14.4 Å². The molecule has 0 aromatic heterocycles. The largest absolute Gasteiger partial charge is 0.465 e. The van der Waals surface area contributed by atoms with Crippen LogP contribution in [0.2, 0.25) is 0 Å². The molecule has 2 aliphatic rings. The number of carboxylic acid groups (broad SMARTS) is 1. The van der Waals surface area contributed by atoms with Crippen LogP contribution in [-0.2, 0) is 9.59 Å². The molecule has 0 saturated carbocycles. The third-order valence-corrected chi connectivity index (χ3v) is 3.19. The van der Waals surface area contributed by atoms with Gasteiger partial charge in [0.25, 0.3) is 0 Å². The number of nitrogens with zero attached hydrogens (tertiary/aromatic N) is 1. The van der Waals surface area contributed by atoms with Gasteiger partial charge in [-0.05, 0) is 19.3 Å². The van der Waals surface area contributed by atoms with Gasteiger partial charge in [-0.15, -0.1) is 0 Å². The smallest absolute Gasteiger partial charge is 0.405 e. The average Bonchev–Trinajstić information content (AvgIpc) is 2.68. The zero-order chi connectivity index (χ0) is 11.9. The Morgan fingerprint density at radius 1 is 1.44 bits per heavy atom. The lowest BCUT2D eigenvalue weighted by Crippen LogP contribution is -2.47.